The third-order valence-electron chi connectivity index (χ3n) is 4.75. The number of amides is 1. The van der Waals surface area contributed by atoms with Crippen LogP contribution in [0.3, 0.4) is 0 Å². The number of hydrogen-bond acceptors (Lipinski definition) is 8. The van der Waals surface area contributed by atoms with Crippen molar-refractivity contribution in [1.29, 1.82) is 0 Å². The molecule has 0 bridgehead atoms. The van der Waals surface area contributed by atoms with E-state index in [1.165, 1.54) is 22.8 Å². The summed E-state index contributed by atoms with van der Waals surface area (Å²) < 4.78 is 32.3. The number of anilines is 1. The number of fused-ring (bicyclic) bond motifs is 1. The number of carbonyl (C=O) groups excluding carboxylic acids is 2. The molecule has 0 spiro atoms. The monoisotopic (exact) mass is 565 g/mol. The Balaban J connectivity index is 1.74. The zero-order valence-corrected chi connectivity index (χ0v) is 22.3. The summed E-state index contributed by atoms with van der Waals surface area (Å²) in [6.45, 7) is 9.42. The fourth-order valence-electron chi connectivity index (χ4n) is 3.28. The third kappa shape index (κ3) is 7.06. The lowest BCUT2D eigenvalue weighted by atomic mass is 10.1. The Bertz CT molecular complexity index is 1240. The molecule has 12 heteroatoms. The van der Waals surface area contributed by atoms with Crippen molar-refractivity contribution >= 4 is 39.5 Å². The minimum Gasteiger partial charge on any atom is -0.490 e. The van der Waals surface area contributed by atoms with Crippen LogP contribution in [0.2, 0.25) is 0 Å². The third-order valence-corrected chi connectivity index (χ3v) is 5.34. The Hall–Kier alpha value is -3.41. The zero-order chi connectivity index (χ0) is 26.5. The van der Waals surface area contributed by atoms with Crippen LogP contribution in [0.25, 0.3) is 5.65 Å². The Morgan fingerprint density at radius 3 is 2.72 bits per heavy atom. The van der Waals surface area contributed by atoms with Crippen LogP contribution >= 0.6 is 15.9 Å². The summed E-state index contributed by atoms with van der Waals surface area (Å²) in [7, 11) is 0. The molecule has 2 heterocycles. The number of benzene rings is 1. The summed E-state index contributed by atoms with van der Waals surface area (Å²) in [6.07, 6.45) is 2.50. The minimum atomic E-state index is -0.607. The molecule has 10 nitrogen and oxygen atoms in total. The predicted molar refractivity (Wildman–Crippen MR) is 135 cm³/mol. The normalized spacial score (nSPS) is 12.2. The molecule has 194 valence electrons. The maximum Gasteiger partial charge on any atom is 0.407 e. The minimum absolute atomic E-state index is 0.131. The van der Waals surface area contributed by atoms with Crippen molar-refractivity contribution in [3.63, 3.8) is 0 Å². The van der Waals surface area contributed by atoms with Crippen LogP contribution in [-0.4, -0.2) is 52.0 Å². The average Bonchev–Trinajstić information content (AvgIpc) is 3.19. The molecule has 0 radical (unpaired) electrons. The molecule has 1 atom stereocenters. The van der Waals surface area contributed by atoms with Crippen molar-refractivity contribution in [3.05, 3.63) is 52.0 Å². The van der Waals surface area contributed by atoms with Crippen LogP contribution in [0, 0.1) is 5.82 Å². The van der Waals surface area contributed by atoms with Crippen LogP contribution in [0.4, 0.5) is 15.0 Å². The van der Waals surface area contributed by atoms with E-state index in [1.807, 2.05) is 6.92 Å². The first-order valence-corrected chi connectivity index (χ1v) is 12.1. The molecule has 0 saturated carbocycles. The molecule has 1 amide bonds. The summed E-state index contributed by atoms with van der Waals surface area (Å²) in [5.74, 6) is -0.109. The first-order chi connectivity index (χ1) is 17.0. The van der Waals surface area contributed by atoms with Crippen molar-refractivity contribution in [3.8, 4) is 5.75 Å². The summed E-state index contributed by atoms with van der Waals surface area (Å²) in [4.78, 5) is 28.5. The summed E-state index contributed by atoms with van der Waals surface area (Å²) >= 11 is 3.36. The van der Waals surface area contributed by atoms with Crippen molar-refractivity contribution < 1.29 is 28.2 Å². The maximum atomic E-state index is 14.3. The average molecular weight is 566 g/mol. The Kier molecular flexibility index (Phi) is 8.72. The highest BCUT2D eigenvalue weighted by Crippen LogP contribution is 2.35. The van der Waals surface area contributed by atoms with E-state index in [4.69, 9.17) is 14.2 Å². The van der Waals surface area contributed by atoms with E-state index in [0.29, 0.717) is 27.3 Å². The molecule has 0 aliphatic carbocycles. The number of nitrogens with one attached hydrogen (secondary N) is 2. The van der Waals surface area contributed by atoms with Gasteiger partial charge in [0.1, 0.15) is 35.2 Å². The molecular weight excluding hydrogens is 537 g/mol. The lowest BCUT2D eigenvalue weighted by molar-refractivity contribution is 0.0513. The number of carbonyl (C=O) groups is 2. The molecule has 2 N–H and O–H groups in total. The van der Waals surface area contributed by atoms with E-state index < -0.39 is 29.5 Å². The molecule has 1 aromatic carbocycles. The van der Waals surface area contributed by atoms with Crippen molar-refractivity contribution in [1.82, 2.24) is 19.9 Å². The van der Waals surface area contributed by atoms with E-state index in [2.05, 4.69) is 36.6 Å². The molecule has 2 aromatic heterocycles. The highest BCUT2D eigenvalue weighted by Gasteiger charge is 2.20. The summed E-state index contributed by atoms with van der Waals surface area (Å²) in [5.41, 5.74) is 0.489. The van der Waals surface area contributed by atoms with Gasteiger partial charge in [0.2, 0.25) is 0 Å². The van der Waals surface area contributed by atoms with Crippen molar-refractivity contribution in [2.75, 3.05) is 25.1 Å². The first kappa shape index (κ1) is 27.2. The highest BCUT2D eigenvalue weighted by atomic mass is 79.9. The topological polar surface area (TPSA) is 116 Å². The van der Waals surface area contributed by atoms with Gasteiger partial charge in [-0.25, -0.2) is 23.5 Å². The Labute approximate surface area is 216 Å². The zero-order valence-electron chi connectivity index (χ0n) is 20.7. The molecule has 0 saturated heterocycles. The largest absolute Gasteiger partial charge is 0.490 e. The van der Waals surface area contributed by atoms with Gasteiger partial charge in [-0.2, -0.15) is 5.10 Å². The number of alkyl carbamates (subject to hydrolysis) is 1. The highest BCUT2D eigenvalue weighted by molar-refractivity contribution is 9.10. The van der Waals surface area contributed by atoms with Crippen molar-refractivity contribution in [2.45, 2.75) is 46.3 Å². The Morgan fingerprint density at radius 2 is 2.03 bits per heavy atom. The number of ether oxygens (including phenoxy) is 3. The van der Waals surface area contributed by atoms with Gasteiger partial charge in [0.05, 0.1) is 29.9 Å². The van der Waals surface area contributed by atoms with Crippen LogP contribution in [0.5, 0.6) is 5.75 Å². The number of nitrogens with zero attached hydrogens (tertiary/aromatic N) is 3. The number of aromatic nitrogens is 3. The van der Waals surface area contributed by atoms with E-state index >= 15 is 0 Å². The molecule has 36 heavy (non-hydrogen) atoms. The van der Waals surface area contributed by atoms with Gasteiger partial charge in [-0.05, 0) is 68.7 Å². The van der Waals surface area contributed by atoms with Gasteiger partial charge in [0.25, 0.3) is 0 Å². The smallest absolute Gasteiger partial charge is 0.407 e. The standard InChI is InChI=1S/C24H29BrFN5O5/c1-6-34-22(32)17-13-28-31-9-7-19(30-21(17)31)29-14(2)16-11-15(26)12-18(25)20(16)35-10-8-27-23(33)36-24(3,4)5/h7,9,11-14H,6,8,10H2,1-5H3,(H,27,33)(H,29,30)/t14-/m0/s1. The number of rotatable bonds is 9. The van der Waals surface area contributed by atoms with Gasteiger partial charge in [0, 0.05) is 11.8 Å². The fraction of sp³-hybridized carbons (Fsp3) is 0.417. The molecular formula is C24H29BrFN5O5. The molecule has 0 aliphatic rings. The molecule has 0 fully saturated rings. The van der Waals surface area contributed by atoms with E-state index in [1.54, 1.807) is 40.0 Å². The quantitative estimate of drug-likeness (QED) is 0.278. The SMILES string of the molecule is CCOC(=O)c1cnn2ccc(N[C@@H](C)c3cc(F)cc(Br)c3OCCNC(=O)OC(C)(C)C)nc12. The van der Waals surface area contributed by atoms with E-state index in [-0.39, 0.29) is 25.3 Å². The number of esters is 1. The van der Waals surface area contributed by atoms with Crippen LogP contribution in [0.1, 0.15) is 56.6 Å². The van der Waals surface area contributed by atoms with Gasteiger partial charge >= 0.3 is 12.1 Å². The second-order valence-corrected chi connectivity index (χ2v) is 9.66. The lowest BCUT2D eigenvalue weighted by Gasteiger charge is -2.21. The fourth-order valence-corrected chi connectivity index (χ4v) is 3.84. The summed E-state index contributed by atoms with van der Waals surface area (Å²) in [5, 5.41) is 9.95. The lowest BCUT2D eigenvalue weighted by Crippen LogP contribution is -2.34. The van der Waals surface area contributed by atoms with Crippen LogP contribution in [-0.2, 0) is 9.47 Å². The van der Waals surface area contributed by atoms with Gasteiger partial charge < -0.3 is 24.8 Å². The van der Waals surface area contributed by atoms with Gasteiger partial charge in [-0.15, -0.1) is 0 Å². The first-order valence-electron chi connectivity index (χ1n) is 11.3. The second-order valence-electron chi connectivity index (χ2n) is 8.81. The molecule has 3 rings (SSSR count). The van der Waals surface area contributed by atoms with Crippen LogP contribution < -0.4 is 15.4 Å². The molecule has 0 unspecified atom stereocenters. The van der Waals surface area contributed by atoms with Crippen LogP contribution in [0.15, 0.2) is 35.1 Å². The van der Waals surface area contributed by atoms with Gasteiger partial charge in [-0.3, -0.25) is 0 Å². The van der Waals surface area contributed by atoms with E-state index in [9.17, 15) is 14.0 Å². The number of halogens is 2. The number of hydrogen-bond donors (Lipinski definition) is 2. The van der Waals surface area contributed by atoms with Crippen molar-refractivity contribution in [2.24, 2.45) is 0 Å². The summed E-state index contributed by atoms with van der Waals surface area (Å²) in [6, 6.07) is 3.91. The molecule has 3 aromatic rings. The van der Waals surface area contributed by atoms with Gasteiger partial charge in [-0.1, -0.05) is 0 Å². The predicted octanol–water partition coefficient (Wildman–Crippen LogP) is 4.88. The molecule has 0 aliphatic heterocycles. The maximum absolute atomic E-state index is 14.3. The van der Waals surface area contributed by atoms with E-state index in [0.717, 1.165) is 0 Å². The Morgan fingerprint density at radius 1 is 1.28 bits per heavy atom. The van der Waals surface area contributed by atoms with Gasteiger partial charge in [0.15, 0.2) is 5.65 Å². The second kappa shape index (κ2) is 11.5.